The predicted molar refractivity (Wildman–Crippen MR) is 70.6 cm³/mol. The van der Waals surface area contributed by atoms with Gasteiger partial charge in [0.15, 0.2) is 11.5 Å². The van der Waals surface area contributed by atoms with Crippen LogP contribution in [0.5, 0.6) is 0 Å². The van der Waals surface area contributed by atoms with Crippen LogP contribution in [-0.2, 0) is 11.3 Å². The molecule has 1 fully saturated rings. The summed E-state index contributed by atoms with van der Waals surface area (Å²) in [5.74, 6) is 0.475. The molecule has 19 heavy (non-hydrogen) atoms. The van der Waals surface area contributed by atoms with Gasteiger partial charge in [-0.05, 0) is 18.0 Å². The lowest BCUT2D eigenvalue weighted by molar-refractivity contribution is -0.127. The zero-order chi connectivity index (χ0) is 13.4. The Kier molecular flexibility index (Phi) is 2.98. The first-order valence-corrected chi connectivity index (χ1v) is 6.44. The van der Waals surface area contributed by atoms with Crippen LogP contribution < -0.4 is 5.73 Å². The number of nitrogen functional groups attached to an aromatic ring is 1. The zero-order valence-electron chi connectivity index (χ0n) is 10.2. The van der Waals surface area contributed by atoms with Gasteiger partial charge in [0, 0.05) is 26.1 Å². The Bertz CT molecular complexity index is 639. The summed E-state index contributed by atoms with van der Waals surface area (Å²) in [6, 6.07) is 0. The molecular formula is C11H13ClN6O. The van der Waals surface area contributed by atoms with Crippen molar-refractivity contribution < 1.29 is 4.79 Å². The predicted octanol–water partition coefficient (Wildman–Crippen LogP) is 0.684. The molecule has 100 valence electrons. The van der Waals surface area contributed by atoms with Crippen molar-refractivity contribution in [2.75, 3.05) is 18.8 Å². The van der Waals surface area contributed by atoms with Crippen LogP contribution in [0.15, 0.2) is 6.33 Å². The first-order valence-electron chi connectivity index (χ1n) is 6.07. The number of rotatable bonds is 3. The maximum absolute atomic E-state index is 11.5. The van der Waals surface area contributed by atoms with Crippen LogP contribution in [0.3, 0.4) is 0 Å². The lowest BCUT2D eigenvalue weighted by atomic mass is 10.4. The van der Waals surface area contributed by atoms with Gasteiger partial charge in [-0.2, -0.15) is 9.97 Å². The summed E-state index contributed by atoms with van der Waals surface area (Å²) in [6.45, 7) is 2.09. The van der Waals surface area contributed by atoms with Crippen molar-refractivity contribution in [2.24, 2.45) is 0 Å². The van der Waals surface area contributed by atoms with Crippen molar-refractivity contribution in [1.82, 2.24) is 24.4 Å². The summed E-state index contributed by atoms with van der Waals surface area (Å²) in [6.07, 6.45) is 3.22. The van der Waals surface area contributed by atoms with E-state index in [0.717, 1.165) is 13.0 Å². The third-order valence-corrected chi connectivity index (χ3v) is 3.41. The third kappa shape index (κ3) is 2.21. The SMILES string of the molecule is Nc1nc(Cl)nc2c1ncn2CCN1CCCC1=O. The molecule has 2 aromatic heterocycles. The zero-order valence-corrected chi connectivity index (χ0v) is 11.0. The van der Waals surface area contributed by atoms with E-state index in [4.69, 9.17) is 17.3 Å². The van der Waals surface area contributed by atoms with Gasteiger partial charge in [0.05, 0.1) is 6.33 Å². The molecule has 7 nitrogen and oxygen atoms in total. The summed E-state index contributed by atoms with van der Waals surface area (Å²) < 4.78 is 1.84. The molecule has 2 N–H and O–H groups in total. The van der Waals surface area contributed by atoms with Crippen molar-refractivity contribution in [3.63, 3.8) is 0 Å². The topological polar surface area (TPSA) is 89.9 Å². The largest absolute Gasteiger partial charge is 0.382 e. The monoisotopic (exact) mass is 280 g/mol. The molecule has 0 aliphatic carbocycles. The fraction of sp³-hybridized carbons (Fsp3) is 0.455. The van der Waals surface area contributed by atoms with Gasteiger partial charge in [-0.15, -0.1) is 0 Å². The van der Waals surface area contributed by atoms with Gasteiger partial charge in [0.1, 0.15) is 5.52 Å². The minimum atomic E-state index is 0.101. The van der Waals surface area contributed by atoms with Gasteiger partial charge < -0.3 is 15.2 Å². The summed E-state index contributed by atoms with van der Waals surface area (Å²) >= 11 is 5.80. The number of imidazole rings is 1. The molecule has 0 spiro atoms. The Hall–Kier alpha value is -1.89. The molecule has 0 unspecified atom stereocenters. The second kappa shape index (κ2) is 4.65. The number of hydrogen-bond donors (Lipinski definition) is 1. The van der Waals surface area contributed by atoms with Gasteiger partial charge in [-0.1, -0.05) is 0 Å². The van der Waals surface area contributed by atoms with Gasteiger partial charge >= 0.3 is 0 Å². The van der Waals surface area contributed by atoms with Crippen molar-refractivity contribution in [1.29, 1.82) is 0 Å². The number of fused-ring (bicyclic) bond motifs is 1. The molecule has 1 saturated heterocycles. The average Bonchev–Trinajstić information content (AvgIpc) is 2.93. The summed E-state index contributed by atoms with van der Waals surface area (Å²) in [4.78, 5) is 25.5. The number of hydrogen-bond acceptors (Lipinski definition) is 5. The molecule has 3 rings (SSSR count). The van der Waals surface area contributed by atoms with Gasteiger partial charge in [-0.3, -0.25) is 4.79 Å². The van der Waals surface area contributed by atoms with Crippen LogP contribution >= 0.6 is 11.6 Å². The van der Waals surface area contributed by atoms with E-state index >= 15 is 0 Å². The molecule has 8 heteroatoms. The highest BCUT2D eigenvalue weighted by atomic mass is 35.5. The van der Waals surface area contributed by atoms with Crippen LogP contribution in [0.1, 0.15) is 12.8 Å². The number of nitrogens with zero attached hydrogens (tertiary/aromatic N) is 5. The molecule has 1 aliphatic heterocycles. The minimum Gasteiger partial charge on any atom is -0.382 e. The lowest BCUT2D eigenvalue weighted by Crippen LogP contribution is -2.28. The second-order valence-electron chi connectivity index (χ2n) is 4.47. The number of aromatic nitrogens is 4. The molecule has 1 aliphatic rings. The lowest BCUT2D eigenvalue weighted by Gasteiger charge is -2.15. The van der Waals surface area contributed by atoms with E-state index in [2.05, 4.69) is 15.0 Å². The molecule has 0 radical (unpaired) electrons. The first kappa shape index (κ1) is 12.2. The molecule has 0 saturated carbocycles. The molecule has 1 amide bonds. The van der Waals surface area contributed by atoms with Crippen LogP contribution in [0.4, 0.5) is 5.82 Å². The van der Waals surface area contributed by atoms with E-state index in [1.807, 2.05) is 9.47 Å². The number of anilines is 1. The summed E-state index contributed by atoms with van der Waals surface area (Å²) in [7, 11) is 0. The second-order valence-corrected chi connectivity index (χ2v) is 4.81. The molecule has 2 aromatic rings. The van der Waals surface area contributed by atoms with E-state index in [1.165, 1.54) is 0 Å². The van der Waals surface area contributed by atoms with E-state index in [-0.39, 0.29) is 17.0 Å². The fourth-order valence-electron chi connectivity index (χ4n) is 2.27. The Morgan fingerprint density at radius 2 is 2.21 bits per heavy atom. The van der Waals surface area contributed by atoms with E-state index in [0.29, 0.717) is 30.7 Å². The standard InChI is InChI=1S/C11H13ClN6O/c12-11-15-9(13)8-10(16-11)18(6-14-8)5-4-17-3-1-2-7(17)19/h6H,1-5H2,(H2,13,15,16). The van der Waals surface area contributed by atoms with Crippen molar-refractivity contribution in [3.8, 4) is 0 Å². The molecule has 0 bridgehead atoms. The summed E-state index contributed by atoms with van der Waals surface area (Å²) in [5, 5.41) is 0.101. The number of nitrogens with two attached hydrogens (primary N) is 1. The normalized spacial score (nSPS) is 15.6. The Morgan fingerprint density at radius 1 is 1.37 bits per heavy atom. The van der Waals surface area contributed by atoms with E-state index in [1.54, 1.807) is 6.33 Å². The third-order valence-electron chi connectivity index (χ3n) is 3.25. The van der Waals surface area contributed by atoms with Crippen LogP contribution in [0, 0.1) is 0 Å². The molecular weight excluding hydrogens is 268 g/mol. The van der Waals surface area contributed by atoms with Crippen molar-refractivity contribution >= 4 is 34.5 Å². The Morgan fingerprint density at radius 3 is 2.95 bits per heavy atom. The van der Waals surface area contributed by atoms with Crippen molar-refractivity contribution in [2.45, 2.75) is 19.4 Å². The van der Waals surface area contributed by atoms with Crippen molar-refractivity contribution in [3.05, 3.63) is 11.6 Å². The minimum absolute atomic E-state index is 0.101. The average molecular weight is 281 g/mol. The number of carbonyl (C=O) groups excluding carboxylic acids is 1. The quantitative estimate of drug-likeness (QED) is 0.835. The number of halogens is 1. The highest BCUT2D eigenvalue weighted by Crippen LogP contribution is 2.18. The first-order chi connectivity index (χ1) is 9.15. The Labute approximate surface area is 114 Å². The van der Waals surface area contributed by atoms with Crippen LogP contribution in [-0.4, -0.2) is 43.4 Å². The molecule has 0 aromatic carbocycles. The van der Waals surface area contributed by atoms with E-state index < -0.39 is 0 Å². The van der Waals surface area contributed by atoms with E-state index in [9.17, 15) is 4.79 Å². The number of carbonyl (C=O) groups is 1. The molecule has 0 atom stereocenters. The fourth-order valence-corrected chi connectivity index (χ4v) is 2.44. The smallest absolute Gasteiger partial charge is 0.226 e. The maximum atomic E-state index is 11.5. The van der Waals surface area contributed by atoms with Gasteiger partial charge in [0.2, 0.25) is 11.2 Å². The maximum Gasteiger partial charge on any atom is 0.226 e. The number of amides is 1. The highest BCUT2D eigenvalue weighted by molar-refractivity contribution is 6.28. The Balaban J connectivity index is 1.83. The highest BCUT2D eigenvalue weighted by Gasteiger charge is 2.20. The van der Waals surface area contributed by atoms with Gasteiger partial charge in [0.25, 0.3) is 0 Å². The number of likely N-dealkylation sites (tertiary alicyclic amines) is 1. The summed E-state index contributed by atoms with van der Waals surface area (Å²) in [5.41, 5.74) is 6.87. The van der Waals surface area contributed by atoms with Crippen LogP contribution in [0.25, 0.3) is 11.2 Å². The van der Waals surface area contributed by atoms with Gasteiger partial charge in [-0.25, -0.2) is 4.98 Å². The molecule has 3 heterocycles. The van der Waals surface area contributed by atoms with Crippen LogP contribution in [0.2, 0.25) is 5.28 Å².